The summed E-state index contributed by atoms with van der Waals surface area (Å²) in [6.45, 7) is 2.50. The molecule has 0 aromatic heterocycles. The minimum absolute atomic E-state index is 0.0466. The average Bonchev–Trinajstić information content (AvgIpc) is 2.34. The second-order valence-electron chi connectivity index (χ2n) is 4.27. The molecule has 1 saturated heterocycles. The van der Waals surface area contributed by atoms with Crippen LogP contribution in [0.3, 0.4) is 0 Å². The summed E-state index contributed by atoms with van der Waals surface area (Å²) in [5, 5.41) is 4.00. The number of piperidine rings is 1. The van der Waals surface area contributed by atoms with Crippen LogP contribution in [0.5, 0.6) is 0 Å². The first kappa shape index (κ1) is 14.6. The Kier molecular flexibility index (Phi) is 6.65. The lowest BCUT2D eigenvalue weighted by molar-refractivity contribution is -0.122. The predicted molar refractivity (Wildman–Crippen MR) is 77.1 cm³/mol. The van der Waals surface area contributed by atoms with Crippen molar-refractivity contribution in [2.75, 3.05) is 31.6 Å². The lowest BCUT2D eigenvalue weighted by atomic mass is 9.98. The van der Waals surface area contributed by atoms with E-state index in [1.165, 1.54) is 0 Å². The number of primary amides is 1. The molecule has 1 amide bonds. The summed E-state index contributed by atoms with van der Waals surface area (Å²) >= 11 is 7.15. The molecule has 1 fully saturated rings. The van der Waals surface area contributed by atoms with Gasteiger partial charge in [0.15, 0.2) is 5.11 Å². The third kappa shape index (κ3) is 5.12. The van der Waals surface area contributed by atoms with Crippen molar-refractivity contribution in [2.24, 2.45) is 11.7 Å². The topological polar surface area (TPSA) is 58.4 Å². The normalized spacial score (nSPS) is 20.1. The molecule has 1 atom stereocenters. The van der Waals surface area contributed by atoms with Gasteiger partial charge in [0.2, 0.25) is 5.91 Å². The lowest BCUT2D eigenvalue weighted by Gasteiger charge is -2.33. The number of thiocarbonyl (C=S) groups is 1. The van der Waals surface area contributed by atoms with E-state index in [4.69, 9.17) is 18.0 Å². The van der Waals surface area contributed by atoms with Crippen molar-refractivity contribution >= 4 is 35.0 Å². The minimum Gasteiger partial charge on any atom is -0.369 e. The molecule has 0 saturated carbocycles. The first-order chi connectivity index (χ1) is 8.15. The zero-order chi connectivity index (χ0) is 12.7. The largest absolute Gasteiger partial charge is 0.369 e. The van der Waals surface area contributed by atoms with Crippen molar-refractivity contribution in [3.63, 3.8) is 0 Å². The SMILES string of the molecule is CSCCCNC(=S)N1CCC[C@@H](C(N)=O)C1. The van der Waals surface area contributed by atoms with Gasteiger partial charge >= 0.3 is 0 Å². The Hall–Kier alpha value is -0.490. The number of rotatable bonds is 5. The van der Waals surface area contributed by atoms with Crippen molar-refractivity contribution in [3.05, 3.63) is 0 Å². The maximum Gasteiger partial charge on any atom is 0.222 e. The van der Waals surface area contributed by atoms with Crippen LogP contribution in [0, 0.1) is 5.92 Å². The van der Waals surface area contributed by atoms with E-state index in [-0.39, 0.29) is 11.8 Å². The van der Waals surface area contributed by atoms with Gasteiger partial charge in [-0.3, -0.25) is 4.79 Å². The Labute approximate surface area is 113 Å². The summed E-state index contributed by atoms with van der Waals surface area (Å²) in [5.41, 5.74) is 5.34. The van der Waals surface area contributed by atoms with E-state index < -0.39 is 0 Å². The van der Waals surface area contributed by atoms with Gasteiger partial charge in [-0.2, -0.15) is 11.8 Å². The third-order valence-electron chi connectivity index (χ3n) is 2.91. The van der Waals surface area contributed by atoms with Crippen molar-refractivity contribution in [2.45, 2.75) is 19.3 Å². The molecule has 3 N–H and O–H groups in total. The highest BCUT2D eigenvalue weighted by Gasteiger charge is 2.24. The Morgan fingerprint density at radius 1 is 1.65 bits per heavy atom. The highest BCUT2D eigenvalue weighted by Crippen LogP contribution is 2.15. The van der Waals surface area contributed by atoms with Gasteiger partial charge in [0.1, 0.15) is 0 Å². The lowest BCUT2D eigenvalue weighted by Crippen LogP contribution is -2.48. The molecule has 0 bridgehead atoms. The summed E-state index contributed by atoms with van der Waals surface area (Å²) in [7, 11) is 0. The number of nitrogens with two attached hydrogens (primary N) is 1. The number of hydrogen-bond donors (Lipinski definition) is 2. The molecule has 1 aliphatic heterocycles. The van der Waals surface area contributed by atoms with Gasteiger partial charge in [0.05, 0.1) is 5.92 Å². The number of nitrogens with one attached hydrogen (secondary N) is 1. The van der Waals surface area contributed by atoms with Gasteiger partial charge in [-0.15, -0.1) is 0 Å². The van der Waals surface area contributed by atoms with Gasteiger partial charge in [-0.1, -0.05) is 0 Å². The molecule has 1 heterocycles. The Morgan fingerprint density at radius 3 is 3.06 bits per heavy atom. The van der Waals surface area contributed by atoms with E-state index in [9.17, 15) is 4.79 Å². The second-order valence-corrected chi connectivity index (χ2v) is 5.64. The van der Waals surface area contributed by atoms with Gasteiger partial charge in [-0.05, 0) is 43.5 Å². The van der Waals surface area contributed by atoms with E-state index in [0.29, 0.717) is 6.54 Å². The molecule has 1 aliphatic rings. The maximum absolute atomic E-state index is 11.2. The van der Waals surface area contributed by atoms with E-state index in [0.717, 1.165) is 43.2 Å². The van der Waals surface area contributed by atoms with Crippen molar-refractivity contribution < 1.29 is 4.79 Å². The van der Waals surface area contributed by atoms with Crippen LogP contribution < -0.4 is 11.1 Å². The summed E-state index contributed by atoms with van der Waals surface area (Å²) in [6.07, 6.45) is 5.08. The van der Waals surface area contributed by atoms with Crippen LogP contribution >= 0.6 is 24.0 Å². The number of nitrogens with zero attached hydrogens (tertiary/aromatic N) is 1. The molecule has 0 spiro atoms. The molecule has 0 aromatic carbocycles. The molecule has 0 unspecified atom stereocenters. The van der Waals surface area contributed by atoms with E-state index in [2.05, 4.69) is 16.5 Å². The highest BCUT2D eigenvalue weighted by molar-refractivity contribution is 7.98. The van der Waals surface area contributed by atoms with Crippen LogP contribution in [0.15, 0.2) is 0 Å². The first-order valence-electron chi connectivity index (χ1n) is 5.96. The smallest absolute Gasteiger partial charge is 0.222 e. The third-order valence-corrected chi connectivity index (χ3v) is 4.01. The van der Waals surface area contributed by atoms with Gasteiger partial charge in [-0.25, -0.2) is 0 Å². The molecule has 1 rings (SSSR count). The number of amides is 1. The molecule has 0 radical (unpaired) electrons. The number of carbonyl (C=O) groups is 1. The number of thioether (sulfide) groups is 1. The quantitative estimate of drug-likeness (QED) is 0.574. The van der Waals surface area contributed by atoms with Crippen LogP contribution in [0.2, 0.25) is 0 Å². The molecule has 17 heavy (non-hydrogen) atoms. The fourth-order valence-electron chi connectivity index (χ4n) is 1.92. The van der Waals surface area contributed by atoms with E-state index >= 15 is 0 Å². The van der Waals surface area contributed by atoms with Gasteiger partial charge < -0.3 is 16.0 Å². The zero-order valence-corrected chi connectivity index (χ0v) is 11.9. The van der Waals surface area contributed by atoms with Crippen LogP contribution in [-0.4, -0.2) is 47.6 Å². The van der Waals surface area contributed by atoms with Crippen molar-refractivity contribution in [1.82, 2.24) is 10.2 Å². The molecular formula is C11H21N3OS2. The average molecular weight is 275 g/mol. The standard InChI is InChI=1S/C11H21N3OS2/c1-17-7-3-5-13-11(16)14-6-2-4-9(8-14)10(12)15/h9H,2-8H2,1H3,(H2,12,15)(H,13,16)/t9-/m1/s1. The van der Waals surface area contributed by atoms with Gasteiger partial charge in [0, 0.05) is 19.6 Å². The van der Waals surface area contributed by atoms with Crippen molar-refractivity contribution in [3.8, 4) is 0 Å². The van der Waals surface area contributed by atoms with Crippen LogP contribution in [-0.2, 0) is 4.79 Å². The summed E-state index contributed by atoms with van der Waals surface area (Å²) < 4.78 is 0. The monoisotopic (exact) mass is 275 g/mol. The fourth-order valence-corrected chi connectivity index (χ4v) is 2.62. The second kappa shape index (κ2) is 7.76. The molecule has 98 valence electrons. The molecule has 0 aliphatic carbocycles. The van der Waals surface area contributed by atoms with Crippen LogP contribution in [0.1, 0.15) is 19.3 Å². The molecule has 0 aromatic rings. The van der Waals surface area contributed by atoms with E-state index in [1.807, 2.05) is 11.8 Å². The molecule has 6 heteroatoms. The zero-order valence-electron chi connectivity index (χ0n) is 10.3. The van der Waals surface area contributed by atoms with Crippen LogP contribution in [0.4, 0.5) is 0 Å². The number of hydrogen-bond acceptors (Lipinski definition) is 3. The highest BCUT2D eigenvalue weighted by atomic mass is 32.2. The Morgan fingerprint density at radius 2 is 2.41 bits per heavy atom. The van der Waals surface area contributed by atoms with Crippen molar-refractivity contribution in [1.29, 1.82) is 0 Å². The predicted octanol–water partition coefficient (Wildman–Crippen LogP) is 0.811. The Bertz CT molecular complexity index is 273. The number of likely N-dealkylation sites (tertiary alicyclic amines) is 1. The summed E-state index contributed by atoms with van der Waals surface area (Å²) in [6, 6.07) is 0. The number of carbonyl (C=O) groups excluding carboxylic acids is 1. The summed E-state index contributed by atoms with van der Waals surface area (Å²) in [5.74, 6) is 0.883. The maximum atomic E-state index is 11.2. The Balaban J connectivity index is 2.28. The summed E-state index contributed by atoms with van der Waals surface area (Å²) in [4.78, 5) is 13.2. The van der Waals surface area contributed by atoms with Gasteiger partial charge in [0.25, 0.3) is 0 Å². The molecule has 4 nitrogen and oxygen atoms in total. The van der Waals surface area contributed by atoms with Crippen LogP contribution in [0.25, 0.3) is 0 Å². The minimum atomic E-state index is -0.208. The van der Waals surface area contributed by atoms with E-state index in [1.54, 1.807) is 0 Å². The first-order valence-corrected chi connectivity index (χ1v) is 7.76. The molecular weight excluding hydrogens is 254 g/mol. The fraction of sp³-hybridized carbons (Fsp3) is 0.818.